The van der Waals surface area contributed by atoms with Crippen LogP contribution in [-0.4, -0.2) is 21.9 Å². The van der Waals surface area contributed by atoms with Crippen molar-refractivity contribution in [1.29, 1.82) is 0 Å². The van der Waals surface area contributed by atoms with Gasteiger partial charge in [-0.2, -0.15) is 0 Å². The van der Waals surface area contributed by atoms with Gasteiger partial charge < -0.3 is 11.1 Å². The molecule has 1 amide bonds. The van der Waals surface area contributed by atoms with Crippen LogP contribution < -0.4 is 11.1 Å². The predicted octanol–water partition coefficient (Wildman–Crippen LogP) is 3.29. The third kappa shape index (κ3) is 5.84. The number of hydrogen-bond acceptors (Lipinski definition) is 6. The van der Waals surface area contributed by atoms with Gasteiger partial charge in [-0.25, -0.2) is 0 Å². The van der Waals surface area contributed by atoms with Crippen LogP contribution in [0.1, 0.15) is 37.9 Å². The summed E-state index contributed by atoms with van der Waals surface area (Å²) in [6, 6.07) is 8.42. The highest BCUT2D eigenvalue weighted by atomic mass is 32.2. The number of carbonyl (C=O) groups is 1. The first kappa shape index (κ1) is 17.7. The maximum absolute atomic E-state index is 12.0. The molecule has 1 aromatic carbocycles. The summed E-state index contributed by atoms with van der Waals surface area (Å²) in [7, 11) is 0. The van der Waals surface area contributed by atoms with Gasteiger partial charge in [0, 0.05) is 0 Å². The van der Waals surface area contributed by atoms with Crippen molar-refractivity contribution >= 4 is 34.1 Å². The van der Waals surface area contributed by atoms with E-state index >= 15 is 0 Å². The number of amides is 1. The summed E-state index contributed by atoms with van der Waals surface area (Å²) < 4.78 is 0.711. The van der Waals surface area contributed by atoms with Crippen LogP contribution in [0.4, 0.5) is 5.13 Å². The molecule has 0 bridgehead atoms. The smallest absolute Gasteiger partial charge is 0.230 e. The fraction of sp³-hybridized carbons (Fsp3) is 0.438. The van der Waals surface area contributed by atoms with E-state index in [-0.39, 0.29) is 11.9 Å². The van der Waals surface area contributed by atoms with E-state index in [2.05, 4.69) is 53.6 Å². The second-order valence-electron chi connectivity index (χ2n) is 5.82. The lowest BCUT2D eigenvalue weighted by molar-refractivity contribution is -0.119. The van der Waals surface area contributed by atoms with Crippen LogP contribution in [0.5, 0.6) is 0 Å². The number of rotatable bonds is 7. The van der Waals surface area contributed by atoms with Gasteiger partial charge in [-0.1, -0.05) is 61.2 Å². The molecule has 0 spiro atoms. The van der Waals surface area contributed by atoms with Crippen molar-refractivity contribution < 1.29 is 4.79 Å². The molecule has 1 aromatic heterocycles. The van der Waals surface area contributed by atoms with Crippen LogP contribution in [0.25, 0.3) is 0 Å². The second kappa shape index (κ2) is 8.31. The monoisotopic (exact) mass is 350 g/mol. The number of benzene rings is 1. The molecule has 0 radical (unpaired) electrons. The molecule has 1 unspecified atom stereocenters. The normalized spacial score (nSPS) is 12.3. The number of nitrogen functional groups attached to an aromatic ring is 1. The van der Waals surface area contributed by atoms with Crippen LogP contribution >= 0.6 is 23.1 Å². The van der Waals surface area contributed by atoms with Gasteiger partial charge in [0.05, 0.1) is 11.8 Å². The minimum atomic E-state index is -0.0254. The van der Waals surface area contributed by atoms with E-state index in [0.29, 0.717) is 21.1 Å². The Morgan fingerprint density at radius 2 is 1.96 bits per heavy atom. The molecule has 1 heterocycles. The third-order valence-electron chi connectivity index (χ3n) is 3.25. The van der Waals surface area contributed by atoms with Gasteiger partial charge >= 0.3 is 0 Å². The molecule has 0 saturated heterocycles. The lowest BCUT2D eigenvalue weighted by Crippen LogP contribution is -2.28. The Morgan fingerprint density at radius 3 is 2.52 bits per heavy atom. The first-order valence-corrected chi connectivity index (χ1v) is 9.34. The molecule has 0 fully saturated rings. The summed E-state index contributed by atoms with van der Waals surface area (Å²) in [5.74, 6) is 0.927. The van der Waals surface area contributed by atoms with Gasteiger partial charge in [-0.05, 0) is 30.4 Å². The Bertz CT molecular complexity index is 640. The molecule has 0 aliphatic carbocycles. The molecular weight excluding hydrogens is 328 g/mol. The maximum atomic E-state index is 12.0. The summed E-state index contributed by atoms with van der Waals surface area (Å²) in [5.41, 5.74) is 7.95. The molecule has 0 saturated carbocycles. The number of hydrogen-bond donors (Lipinski definition) is 2. The third-order valence-corrected chi connectivity index (χ3v) is 5.14. The van der Waals surface area contributed by atoms with Crippen LogP contribution in [-0.2, 0) is 11.2 Å². The molecule has 1 atom stereocenters. The van der Waals surface area contributed by atoms with E-state index in [4.69, 9.17) is 5.73 Å². The highest BCUT2D eigenvalue weighted by Gasteiger charge is 2.11. The molecule has 5 nitrogen and oxygen atoms in total. The lowest BCUT2D eigenvalue weighted by atomic mass is 10.00. The van der Waals surface area contributed by atoms with Gasteiger partial charge in [0.15, 0.2) is 4.34 Å². The molecule has 124 valence electrons. The summed E-state index contributed by atoms with van der Waals surface area (Å²) >= 11 is 2.64. The number of anilines is 1. The zero-order valence-electron chi connectivity index (χ0n) is 13.6. The SMILES string of the molecule is CC(C)Cc1ccc(C(C)NC(=O)CSc2nnc(N)s2)cc1. The fourth-order valence-electron chi connectivity index (χ4n) is 2.19. The quantitative estimate of drug-likeness (QED) is 0.749. The molecule has 3 N–H and O–H groups in total. The zero-order valence-corrected chi connectivity index (χ0v) is 15.2. The van der Waals surface area contributed by atoms with E-state index in [1.807, 2.05) is 6.92 Å². The van der Waals surface area contributed by atoms with Gasteiger partial charge in [0.25, 0.3) is 0 Å². The highest BCUT2D eigenvalue weighted by molar-refractivity contribution is 8.01. The summed E-state index contributed by atoms with van der Waals surface area (Å²) in [5, 5.41) is 11.0. The Kier molecular flexibility index (Phi) is 6.41. The van der Waals surface area contributed by atoms with Gasteiger partial charge in [0.1, 0.15) is 0 Å². The van der Waals surface area contributed by atoms with E-state index in [1.54, 1.807) is 0 Å². The van der Waals surface area contributed by atoms with Crippen molar-refractivity contribution in [3.63, 3.8) is 0 Å². The molecule has 2 rings (SSSR count). The van der Waals surface area contributed by atoms with Crippen molar-refractivity contribution in [2.24, 2.45) is 5.92 Å². The highest BCUT2D eigenvalue weighted by Crippen LogP contribution is 2.23. The Morgan fingerprint density at radius 1 is 1.26 bits per heavy atom. The Hall–Kier alpha value is -1.60. The molecule has 2 aromatic rings. The van der Waals surface area contributed by atoms with Crippen molar-refractivity contribution in [3.05, 3.63) is 35.4 Å². The van der Waals surface area contributed by atoms with E-state index in [9.17, 15) is 4.79 Å². The van der Waals surface area contributed by atoms with Crippen molar-refractivity contribution in [2.45, 2.75) is 37.6 Å². The minimum Gasteiger partial charge on any atom is -0.374 e. The summed E-state index contributed by atoms with van der Waals surface area (Å²) in [4.78, 5) is 12.0. The van der Waals surface area contributed by atoms with Crippen LogP contribution in [0.3, 0.4) is 0 Å². The molecule has 7 heteroatoms. The number of aromatic nitrogens is 2. The largest absolute Gasteiger partial charge is 0.374 e. The number of nitrogens with zero attached hydrogens (tertiary/aromatic N) is 2. The molecule has 23 heavy (non-hydrogen) atoms. The molecule has 0 aliphatic heterocycles. The van der Waals surface area contributed by atoms with Crippen molar-refractivity contribution in [2.75, 3.05) is 11.5 Å². The second-order valence-corrected chi connectivity index (χ2v) is 8.06. The first-order valence-electron chi connectivity index (χ1n) is 7.54. The number of nitrogens with one attached hydrogen (secondary N) is 1. The minimum absolute atomic E-state index is 0.0179. The van der Waals surface area contributed by atoms with Gasteiger partial charge in [0.2, 0.25) is 11.0 Å². The average Bonchev–Trinajstić information content (AvgIpc) is 2.91. The van der Waals surface area contributed by atoms with Gasteiger partial charge in [-0.15, -0.1) is 10.2 Å². The Labute approximate surface area is 145 Å². The van der Waals surface area contributed by atoms with E-state index < -0.39 is 0 Å². The predicted molar refractivity (Wildman–Crippen MR) is 96.6 cm³/mol. The fourth-order valence-corrected chi connectivity index (χ4v) is 3.63. The van der Waals surface area contributed by atoms with Crippen LogP contribution in [0, 0.1) is 5.92 Å². The summed E-state index contributed by atoms with van der Waals surface area (Å²) in [6.07, 6.45) is 1.07. The van der Waals surface area contributed by atoms with Crippen LogP contribution in [0.2, 0.25) is 0 Å². The lowest BCUT2D eigenvalue weighted by Gasteiger charge is -2.15. The standard InChI is InChI=1S/C16H22N4OS2/c1-10(2)8-12-4-6-13(7-5-12)11(3)18-14(21)9-22-16-20-19-15(17)23-16/h4-7,10-11H,8-9H2,1-3H3,(H2,17,19)(H,18,21). The van der Waals surface area contributed by atoms with Gasteiger partial charge in [-0.3, -0.25) is 4.79 Å². The maximum Gasteiger partial charge on any atom is 0.230 e. The summed E-state index contributed by atoms with van der Waals surface area (Å²) in [6.45, 7) is 6.41. The average molecular weight is 351 g/mol. The topological polar surface area (TPSA) is 80.9 Å². The van der Waals surface area contributed by atoms with Crippen molar-refractivity contribution in [1.82, 2.24) is 15.5 Å². The van der Waals surface area contributed by atoms with Crippen molar-refractivity contribution in [3.8, 4) is 0 Å². The molecular formula is C16H22N4OS2. The van der Waals surface area contributed by atoms with E-state index in [1.165, 1.54) is 28.7 Å². The van der Waals surface area contributed by atoms with Crippen LogP contribution in [0.15, 0.2) is 28.6 Å². The Balaban J connectivity index is 1.83. The van der Waals surface area contributed by atoms with E-state index in [0.717, 1.165) is 12.0 Å². The number of carbonyl (C=O) groups excluding carboxylic acids is 1. The molecule has 0 aliphatic rings. The zero-order chi connectivity index (χ0) is 16.8. The number of thioether (sulfide) groups is 1. The first-order chi connectivity index (χ1) is 10.9. The number of nitrogens with two attached hydrogens (primary N) is 1.